The van der Waals surface area contributed by atoms with Crippen LogP contribution in [0.2, 0.25) is 0 Å². The number of rotatable bonds is 6. The number of halogens is 1. The topological polar surface area (TPSA) is 72.5 Å². The van der Waals surface area contributed by atoms with E-state index in [0.717, 1.165) is 6.42 Å². The van der Waals surface area contributed by atoms with E-state index < -0.39 is 15.2 Å². The molecule has 1 aromatic carbocycles. The predicted molar refractivity (Wildman–Crippen MR) is 77.6 cm³/mol. The first-order chi connectivity index (χ1) is 9.25. The lowest BCUT2D eigenvalue weighted by Gasteiger charge is -2.15. The van der Waals surface area contributed by atoms with Gasteiger partial charge in [0.1, 0.15) is 5.75 Å². The van der Waals surface area contributed by atoms with Gasteiger partial charge in [0.2, 0.25) is 0 Å². The van der Waals surface area contributed by atoms with Crippen LogP contribution in [-0.4, -0.2) is 27.0 Å². The van der Waals surface area contributed by atoms with Gasteiger partial charge in [-0.05, 0) is 44.0 Å². The van der Waals surface area contributed by atoms with Gasteiger partial charge in [0.15, 0.2) is 6.10 Å². The summed E-state index contributed by atoms with van der Waals surface area (Å²) in [5.41, 5.74) is 0.471. The van der Waals surface area contributed by atoms with Crippen LogP contribution in [0, 0.1) is 6.92 Å². The van der Waals surface area contributed by atoms with Gasteiger partial charge in [-0.1, -0.05) is 6.92 Å². The zero-order chi connectivity index (χ0) is 15.3. The number of carbonyl (C=O) groups is 1. The first kappa shape index (κ1) is 16.8. The molecule has 1 N–H and O–H groups in total. The summed E-state index contributed by atoms with van der Waals surface area (Å²) in [6.45, 7) is 5.80. The van der Waals surface area contributed by atoms with E-state index in [2.05, 4.69) is 5.32 Å². The maximum absolute atomic E-state index is 11.7. The number of ether oxygens (including phenoxy) is 1. The first-order valence-electron chi connectivity index (χ1n) is 6.25. The summed E-state index contributed by atoms with van der Waals surface area (Å²) in [5, 5.41) is 2.72. The summed E-state index contributed by atoms with van der Waals surface area (Å²) < 4.78 is 28.0. The third-order valence-corrected chi connectivity index (χ3v) is 4.12. The lowest BCUT2D eigenvalue weighted by atomic mass is 10.2. The third kappa shape index (κ3) is 4.68. The molecule has 0 heterocycles. The van der Waals surface area contributed by atoms with Crippen LogP contribution in [0.1, 0.15) is 25.8 Å². The molecule has 5 nitrogen and oxygen atoms in total. The van der Waals surface area contributed by atoms with E-state index in [9.17, 15) is 13.2 Å². The molecule has 0 spiro atoms. The van der Waals surface area contributed by atoms with E-state index in [4.69, 9.17) is 15.4 Å². The molecule has 0 bridgehead atoms. The highest BCUT2D eigenvalue weighted by molar-refractivity contribution is 8.13. The number of carbonyl (C=O) groups excluding carboxylic acids is 1. The number of hydrogen-bond donors (Lipinski definition) is 1. The van der Waals surface area contributed by atoms with Gasteiger partial charge in [-0.25, -0.2) is 8.42 Å². The van der Waals surface area contributed by atoms with Crippen LogP contribution >= 0.6 is 10.7 Å². The Labute approximate surface area is 123 Å². The highest BCUT2D eigenvalue weighted by atomic mass is 35.7. The summed E-state index contributed by atoms with van der Waals surface area (Å²) in [6.07, 6.45) is 0.194. The normalized spacial score (nSPS) is 12.8. The molecule has 7 heteroatoms. The van der Waals surface area contributed by atoms with Gasteiger partial charge in [-0.2, -0.15) is 0 Å². The van der Waals surface area contributed by atoms with Gasteiger partial charge >= 0.3 is 0 Å². The smallest absolute Gasteiger partial charge is 0.261 e. The Morgan fingerprint density at radius 2 is 2.10 bits per heavy atom. The molecule has 0 aliphatic carbocycles. The fraction of sp³-hybridized carbons (Fsp3) is 0.462. The Bertz CT molecular complexity index is 586. The molecule has 0 aliphatic heterocycles. The number of amides is 1. The van der Waals surface area contributed by atoms with Crippen LogP contribution in [0.15, 0.2) is 23.1 Å². The number of benzene rings is 1. The average molecular weight is 320 g/mol. The van der Waals surface area contributed by atoms with Crippen LogP contribution in [-0.2, 0) is 13.8 Å². The molecule has 1 aromatic rings. The van der Waals surface area contributed by atoms with Crippen LogP contribution in [0.3, 0.4) is 0 Å². The SMILES string of the molecule is CCCNC(=O)C(C)Oc1ccc(S(=O)(=O)Cl)c(C)c1. The van der Waals surface area contributed by atoms with Crippen LogP contribution in [0.4, 0.5) is 0 Å². The molecule has 0 aromatic heterocycles. The predicted octanol–water partition coefficient (Wildman–Crippen LogP) is 2.22. The molecule has 0 fully saturated rings. The summed E-state index contributed by atoms with van der Waals surface area (Å²) in [5.74, 6) is 0.212. The van der Waals surface area contributed by atoms with Crippen molar-refractivity contribution in [2.75, 3.05) is 6.54 Å². The van der Waals surface area contributed by atoms with Crippen molar-refractivity contribution < 1.29 is 17.9 Å². The quantitative estimate of drug-likeness (QED) is 0.816. The van der Waals surface area contributed by atoms with Gasteiger partial charge < -0.3 is 10.1 Å². The molecule has 1 unspecified atom stereocenters. The zero-order valence-corrected chi connectivity index (χ0v) is 13.2. The van der Waals surface area contributed by atoms with Crippen molar-refractivity contribution in [3.8, 4) is 5.75 Å². The van der Waals surface area contributed by atoms with E-state index in [1.807, 2.05) is 6.92 Å². The van der Waals surface area contributed by atoms with Crippen molar-refractivity contribution in [3.05, 3.63) is 23.8 Å². The second-order valence-corrected chi connectivity index (χ2v) is 6.95. The van der Waals surface area contributed by atoms with Gasteiger partial charge in [0, 0.05) is 17.2 Å². The molecular weight excluding hydrogens is 302 g/mol. The molecule has 1 rings (SSSR count). The molecule has 0 saturated heterocycles. The first-order valence-corrected chi connectivity index (χ1v) is 8.56. The maximum Gasteiger partial charge on any atom is 0.261 e. The van der Waals surface area contributed by atoms with E-state index >= 15 is 0 Å². The van der Waals surface area contributed by atoms with Crippen molar-refractivity contribution in [3.63, 3.8) is 0 Å². The highest BCUT2D eigenvalue weighted by Crippen LogP contribution is 2.24. The number of nitrogens with one attached hydrogen (secondary N) is 1. The minimum atomic E-state index is -3.77. The van der Waals surface area contributed by atoms with Gasteiger partial charge in [0.05, 0.1) is 4.90 Å². The van der Waals surface area contributed by atoms with E-state index in [1.54, 1.807) is 19.9 Å². The van der Waals surface area contributed by atoms with Crippen molar-refractivity contribution in [2.45, 2.75) is 38.2 Å². The van der Waals surface area contributed by atoms with Crippen molar-refractivity contribution in [2.24, 2.45) is 0 Å². The van der Waals surface area contributed by atoms with E-state index in [1.165, 1.54) is 12.1 Å². The molecule has 1 atom stereocenters. The summed E-state index contributed by atoms with van der Waals surface area (Å²) in [6, 6.07) is 4.38. The van der Waals surface area contributed by atoms with Gasteiger partial charge in [0.25, 0.3) is 15.0 Å². The number of hydrogen-bond acceptors (Lipinski definition) is 4. The van der Waals surface area contributed by atoms with Crippen molar-refractivity contribution in [1.82, 2.24) is 5.32 Å². The lowest BCUT2D eigenvalue weighted by Crippen LogP contribution is -2.36. The average Bonchev–Trinajstić information content (AvgIpc) is 2.34. The summed E-state index contributed by atoms with van der Waals surface area (Å²) >= 11 is 0. The second kappa shape index (κ2) is 6.95. The summed E-state index contributed by atoms with van der Waals surface area (Å²) in [7, 11) is 1.53. The maximum atomic E-state index is 11.7. The van der Waals surface area contributed by atoms with Crippen molar-refractivity contribution in [1.29, 1.82) is 0 Å². The standard InChI is InChI=1S/C13H18ClNO4S/c1-4-7-15-13(16)10(3)19-11-5-6-12(9(2)8-11)20(14,17)18/h5-6,8,10H,4,7H2,1-3H3,(H,15,16). The Hall–Kier alpha value is -1.27. The molecule has 1 amide bonds. The third-order valence-electron chi connectivity index (χ3n) is 2.64. The largest absolute Gasteiger partial charge is 0.481 e. The molecular formula is C13H18ClNO4S. The molecule has 0 aliphatic rings. The van der Waals surface area contributed by atoms with Gasteiger partial charge in [-0.3, -0.25) is 4.79 Å². The second-order valence-electron chi connectivity index (χ2n) is 4.42. The molecule has 0 saturated carbocycles. The van der Waals surface area contributed by atoms with Crippen LogP contribution in [0.5, 0.6) is 5.75 Å². The zero-order valence-electron chi connectivity index (χ0n) is 11.6. The fourth-order valence-corrected chi connectivity index (χ4v) is 2.81. The molecule has 0 radical (unpaired) electrons. The van der Waals surface area contributed by atoms with Gasteiger partial charge in [-0.15, -0.1) is 0 Å². The van der Waals surface area contributed by atoms with E-state index in [-0.39, 0.29) is 10.8 Å². The Kier molecular flexibility index (Phi) is 5.83. The Morgan fingerprint density at radius 3 is 2.60 bits per heavy atom. The summed E-state index contributed by atoms with van der Waals surface area (Å²) in [4.78, 5) is 11.7. The fourth-order valence-electron chi connectivity index (χ4n) is 1.62. The molecule has 20 heavy (non-hydrogen) atoms. The monoisotopic (exact) mass is 319 g/mol. The number of aryl methyl sites for hydroxylation is 1. The Morgan fingerprint density at radius 1 is 1.45 bits per heavy atom. The minimum Gasteiger partial charge on any atom is -0.481 e. The molecule has 112 valence electrons. The van der Waals surface area contributed by atoms with E-state index in [0.29, 0.717) is 17.9 Å². The Balaban J connectivity index is 2.80. The van der Waals surface area contributed by atoms with Crippen molar-refractivity contribution >= 4 is 25.6 Å². The minimum absolute atomic E-state index is 0.0367. The highest BCUT2D eigenvalue weighted by Gasteiger charge is 2.17. The lowest BCUT2D eigenvalue weighted by molar-refractivity contribution is -0.127. The van der Waals surface area contributed by atoms with Crippen LogP contribution < -0.4 is 10.1 Å². The van der Waals surface area contributed by atoms with Crippen LogP contribution in [0.25, 0.3) is 0 Å².